The molecule has 116 valence electrons. The second-order valence-electron chi connectivity index (χ2n) is 5.43. The average Bonchev–Trinajstić information content (AvgIpc) is 3.29. The number of hydrogen-bond acceptors (Lipinski definition) is 4. The van der Waals surface area contributed by atoms with Crippen LogP contribution < -0.4 is 15.9 Å². The van der Waals surface area contributed by atoms with Crippen LogP contribution in [0.4, 0.5) is 10.1 Å². The predicted octanol–water partition coefficient (Wildman–Crippen LogP) is 2.07. The van der Waals surface area contributed by atoms with Crippen LogP contribution in [-0.4, -0.2) is 22.8 Å². The fourth-order valence-electron chi connectivity index (χ4n) is 2.75. The first-order chi connectivity index (χ1) is 10.4. The Labute approximate surface area is 124 Å². The van der Waals surface area contributed by atoms with Crippen molar-refractivity contribution in [2.45, 2.75) is 25.8 Å². The second-order valence-corrected chi connectivity index (χ2v) is 5.43. The molecule has 0 amide bonds. The molecule has 1 fully saturated rings. The number of carboxylic acid groups (broad SMARTS) is 1. The molecule has 1 aliphatic carbocycles. The summed E-state index contributed by atoms with van der Waals surface area (Å²) in [5, 5.41) is 9.08. The van der Waals surface area contributed by atoms with Crippen LogP contribution in [0.3, 0.4) is 0 Å². The van der Waals surface area contributed by atoms with E-state index in [1.54, 1.807) is 4.57 Å². The smallest absolute Gasteiger partial charge is 0.341 e. The van der Waals surface area contributed by atoms with Crippen molar-refractivity contribution in [3.8, 4) is 5.75 Å². The SMILES string of the molecule is COc1c(C)c(F)c(N)c2c(=O)c(C(=O)O)cn(C3CC3)c12. The van der Waals surface area contributed by atoms with Gasteiger partial charge in [-0.3, -0.25) is 4.79 Å². The molecule has 1 aliphatic rings. The molecule has 0 aliphatic heterocycles. The Balaban J connectivity index is 2.60. The van der Waals surface area contributed by atoms with Crippen LogP contribution in [0.2, 0.25) is 0 Å². The number of nitrogens with zero attached hydrogens (tertiary/aromatic N) is 1. The van der Waals surface area contributed by atoms with Crippen molar-refractivity contribution in [1.29, 1.82) is 0 Å². The first kappa shape index (κ1) is 14.4. The van der Waals surface area contributed by atoms with E-state index in [9.17, 15) is 19.1 Å². The molecule has 7 heteroatoms. The number of benzene rings is 1. The molecular formula is C15H15FN2O4. The molecule has 2 aromatic rings. The monoisotopic (exact) mass is 306 g/mol. The van der Waals surface area contributed by atoms with Crippen molar-refractivity contribution in [3.63, 3.8) is 0 Å². The minimum atomic E-state index is -1.36. The van der Waals surface area contributed by atoms with Crippen molar-refractivity contribution in [1.82, 2.24) is 4.57 Å². The van der Waals surface area contributed by atoms with Crippen LogP contribution in [0.15, 0.2) is 11.0 Å². The van der Waals surface area contributed by atoms with Crippen LogP contribution in [0.25, 0.3) is 10.9 Å². The summed E-state index contributed by atoms with van der Waals surface area (Å²) in [7, 11) is 1.38. The highest BCUT2D eigenvalue weighted by Crippen LogP contribution is 2.42. The zero-order valence-electron chi connectivity index (χ0n) is 12.1. The van der Waals surface area contributed by atoms with Crippen LogP contribution in [0, 0.1) is 12.7 Å². The summed E-state index contributed by atoms with van der Waals surface area (Å²) in [6, 6.07) is 0.0689. The minimum absolute atomic E-state index is 0.0689. The van der Waals surface area contributed by atoms with Crippen molar-refractivity contribution in [2.75, 3.05) is 12.8 Å². The molecule has 0 unspecified atom stereocenters. The molecule has 0 bridgehead atoms. The van der Waals surface area contributed by atoms with Gasteiger partial charge in [-0.25, -0.2) is 9.18 Å². The topological polar surface area (TPSA) is 94.6 Å². The lowest BCUT2D eigenvalue weighted by molar-refractivity contribution is 0.0695. The van der Waals surface area contributed by atoms with Crippen LogP contribution in [0.5, 0.6) is 5.75 Å². The lowest BCUT2D eigenvalue weighted by Gasteiger charge is -2.18. The molecular weight excluding hydrogens is 291 g/mol. The number of ether oxygens (including phenoxy) is 1. The Morgan fingerprint density at radius 3 is 2.64 bits per heavy atom. The first-order valence-electron chi connectivity index (χ1n) is 6.82. The number of aromatic carboxylic acids is 1. The summed E-state index contributed by atoms with van der Waals surface area (Å²) in [4.78, 5) is 23.7. The Hall–Kier alpha value is -2.57. The van der Waals surface area contributed by atoms with E-state index in [4.69, 9.17) is 10.5 Å². The number of fused-ring (bicyclic) bond motifs is 1. The van der Waals surface area contributed by atoms with Gasteiger partial charge in [-0.05, 0) is 19.8 Å². The third kappa shape index (κ3) is 1.85. The van der Waals surface area contributed by atoms with Crippen molar-refractivity contribution >= 4 is 22.6 Å². The Morgan fingerprint density at radius 1 is 1.50 bits per heavy atom. The van der Waals surface area contributed by atoms with Crippen LogP contribution >= 0.6 is 0 Å². The largest absolute Gasteiger partial charge is 0.494 e. The number of aromatic nitrogens is 1. The Morgan fingerprint density at radius 2 is 2.14 bits per heavy atom. The summed E-state index contributed by atoms with van der Waals surface area (Å²) >= 11 is 0. The van der Waals surface area contributed by atoms with Gasteiger partial charge in [0, 0.05) is 17.8 Å². The molecule has 3 rings (SSSR count). The van der Waals surface area contributed by atoms with Gasteiger partial charge in [0.25, 0.3) is 0 Å². The maximum atomic E-state index is 14.3. The third-order valence-corrected chi connectivity index (χ3v) is 4.00. The highest BCUT2D eigenvalue weighted by Gasteiger charge is 2.30. The number of nitrogens with two attached hydrogens (primary N) is 1. The van der Waals surface area contributed by atoms with Gasteiger partial charge in [0.1, 0.15) is 11.3 Å². The molecule has 0 atom stereocenters. The van der Waals surface area contributed by atoms with E-state index in [0.29, 0.717) is 5.52 Å². The molecule has 3 N–H and O–H groups in total. The van der Waals surface area contributed by atoms with Crippen LogP contribution in [-0.2, 0) is 0 Å². The molecule has 1 saturated carbocycles. The number of pyridine rings is 1. The lowest BCUT2D eigenvalue weighted by Crippen LogP contribution is -2.21. The van der Waals surface area contributed by atoms with Gasteiger partial charge in [-0.1, -0.05) is 0 Å². The normalized spacial score (nSPS) is 14.3. The van der Waals surface area contributed by atoms with Gasteiger partial charge in [0.05, 0.1) is 23.7 Å². The molecule has 0 radical (unpaired) electrons. The van der Waals surface area contributed by atoms with Crippen LogP contribution in [0.1, 0.15) is 34.8 Å². The van der Waals surface area contributed by atoms with Gasteiger partial charge in [0.15, 0.2) is 5.82 Å². The van der Waals surface area contributed by atoms with E-state index < -0.39 is 22.8 Å². The first-order valence-corrected chi connectivity index (χ1v) is 6.82. The molecule has 1 aromatic heterocycles. The standard InChI is InChI=1S/C15H15FN2O4/c1-6-10(16)11(17)9-12(14(6)22-2)18(7-3-4-7)5-8(13(9)19)15(20)21/h5,7H,3-4,17H2,1-2H3,(H,20,21). The average molecular weight is 306 g/mol. The zero-order valence-corrected chi connectivity index (χ0v) is 12.1. The summed E-state index contributed by atoms with van der Waals surface area (Å²) in [5.74, 6) is -1.91. The van der Waals surface area contributed by atoms with Crippen molar-refractivity contribution in [3.05, 3.63) is 33.4 Å². The van der Waals surface area contributed by atoms with E-state index in [2.05, 4.69) is 0 Å². The minimum Gasteiger partial charge on any atom is -0.494 e. The molecule has 6 nitrogen and oxygen atoms in total. The summed E-state index contributed by atoms with van der Waals surface area (Å²) in [5.41, 5.74) is 4.77. The van der Waals surface area contributed by atoms with E-state index >= 15 is 0 Å². The highest BCUT2D eigenvalue weighted by molar-refractivity contribution is 6.00. The molecule has 0 saturated heterocycles. The van der Waals surface area contributed by atoms with Crippen molar-refractivity contribution in [2.24, 2.45) is 0 Å². The predicted molar refractivity (Wildman–Crippen MR) is 79.1 cm³/mol. The third-order valence-electron chi connectivity index (χ3n) is 4.00. The molecule has 1 heterocycles. The number of carbonyl (C=O) groups is 1. The van der Waals surface area contributed by atoms with Gasteiger partial charge < -0.3 is 20.1 Å². The number of anilines is 1. The molecule has 0 spiro atoms. The number of halogens is 1. The van der Waals surface area contributed by atoms with Gasteiger partial charge in [-0.15, -0.1) is 0 Å². The van der Waals surface area contributed by atoms with Gasteiger partial charge in [-0.2, -0.15) is 0 Å². The number of rotatable bonds is 3. The maximum Gasteiger partial charge on any atom is 0.341 e. The second kappa shape index (κ2) is 4.72. The van der Waals surface area contributed by atoms with Gasteiger partial charge in [0.2, 0.25) is 5.43 Å². The quantitative estimate of drug-likeness (QED) is 0.847. The zero-order chi connectivity index (χ0) is 16.2. The maximum absolute atomic E-state index is 14.3. The number of methoxy groups -OCH3 is 1. The van der Waals surface area contributed by atoms with E-state index in [1.165, 1.54) is 20.2 Å². The number of hydrogen-bond donors (Lipinski definition) is 2. The Kier molecular flexibility index (Phi) is 3.09. The van der Waals surface area contributed by atoms with E-state index in [-0.39, 0.29) is 28.4 Å². The number of carboxylic acids is 1. The summed E-state index contributed by atoms with van der Waals surface area (Å²) in [6.07, 6.45) is 3.01. The number of nitrogen functional groups attached to an aromatic ring is 1. The fraction of sp³-hybridized carbons (Fsp3) is 0.333. The summed E-state index contributed by atoms with van der Waals surface area (Å²) < 4.78 is 21.2. The van der Waals surface area contributed by atoms with E-state index in [0.717, 1.165) is 12.8 Å². The fourth-order valence-corrected chi connectivity index (χ4v) is 2.75. The Bertz CT molecular complexity index is 868. The molecule has 1 aromatic carbocycles. The highest BCUT2D eigenvalue weighted by atomic mass is 19.1. The lowest BCUT2D eigenvalue weighted by atomic mass is 10.0. The van der Waals surface area contributed by atoms with Gasteiger partial charge >= 0.3 is 5.97 Å². The van der Waals surface area contributed by atoms with E-state index in [1.807, 2.05) is 0 Å². The summed E-state index contributed by atoms with van der Waals surface area (Å²) in [6.45, 7) is 1.51. The molecule has 22 heavy (non-hydrogen) atoms. The van der Waals surface area contributed by atoms with Crippen molar-refractivity contribution < 1.29 is 19.0 Å².